The lowest BCUT2D eigenvalue weighted by Crippen LogP contribution is -2.38. The predicted octanol–water partition coefficient (Wildman–Crippen LogP) is 2.20. The van der Waals surface area contributed by atoms with Crippen molar-refractivity contribution in [1.29, 1.82) is 0 Å². The second-order valence-corrected chi connectivity index (χ2v) is 5.64. The summed E-state index contributed by atoms with van der Waals surface area (Å²) >= 11 is 0. The molecule has 1 unspecified atom stereocenters. The highest BCUT2D eigenvalue weighted by molar-refractivity contribution is 5.79. The molecular weight excluding hydrogens is 274 g/mol. The molecule has 2 aromatic rings. The standard InChI is InChI=1S/C17H25N5/c1-13-6-5-7-16(8-13)14(2)9-19-17(18-3)20-10-15-11-21-22(4)12-15/h5-8,11-12,14H,9-10H2,1-4H3,(H2,18,19,20). The third-order valence-corrected chi connectivity index (χ3v) is 3.63. The minimum absolute atomic E-state index is 0.428. The average Bonchev–Trinajstić information content (AvgIpc) is 2.92. The van der Waals surface area contributed by atoms with Crippen LogP contribution < -0.4 is 10.6 Å². The fraction of sp³-hybridized carbons (Fsp3) is 0.412. The Labute approximate surface area is 132 Å². The zero-order valence-corrected chi connectivity index (χ0v) is 13.8. The van der Waals surface area contributed by atoms with Gasteiger partial charge in [-0.15, -0.1) is 0 Å². The lowest BCUT2D eigenvalue weighted by Gasteiger charge is -2.16. The number of aromatic nitrogens is 2. The van der Waals surface area contributed by atoms with Crippen LogP contribution in [-0.4, -0.2) is 29.3 Å². The molecule has 0 amide bonds. The smallest absolute Gasteiger partial charge is 0.191 e. The van der Waals surface area contributed by atoms with Crippen LogP contribution in [0.15, 0.2) is 41.7 Å². The third-order valence-electron chi connectivity index (χ3n) is 3.63. The van der Waals surface area contributed by atoms with Crippen molar-refractivity contribution in [2.24, 2.45) is 12.0 Å². The second kappa shape index (κ2) is 7.64. The summed E-state index contributed by atoms with van der Waals surface area (Å²) in [5.74, 6) is 1.24. The van der Waals surface area contributed by atoms with Crippen molar-refractivity contribution >= 4 is 5.96 Å². The minimum Gasteiger partial charge on any atom is -0.356 e. The van der Waals surface area contributed by atoms with Gasteiger partial charge in [-0.1, -0.05) is 36.8 Å². The van der Waals surface area contributed by atoms with Gasteiger partial charge < -0.3 is 10.6 Å². The highest BCUT2D eigenvalue weighted by Gasteiger charge is 2.07. The van der Waals surface area contributed by atoms with E-state index in [1.54, 1.807) is 11.7 Å². The summed E-state index contributed by atoms with van der Waals surface area (Å²) < 4.78 is 1.80. The minimum atomic E-state index is 0.428. The van der Waals surface area contributed by atoms with Gasteiger partial charge in [-0.25, -0.2) is 0 Å². The lowest BCUT2D eigenvalue weighted by atomic mass is 9.99. The molecular formula is C17H25N5. The summed E-state index contributed by atoms with van der Waals surface area (Å²) in [4.78, 5) is 4.26. The molecule has 0 radical (unpaired) electrons. The van der Waals surface area contributed by atoms with Crippen LogP contribution in [0.5, 0.6) is 0 Å². The van der Waals surface area contributed by atoms with Gasteiger partial charge in [-0.05, 0) is 18.4 Å². The Morgan fingerprint density at radius 3 is 2.82 bits per heavy atom. The van der Waals surface area contributed by atoms with Crippen molar-refractivity contribution in [3.05, 3.63) is 53.3 Å². The SMILES string of the molecule is CN=C(NCc1cnn(C)c1)NCC(C)c1cccc(C)c1. The maximum absolute atomic E-state index is 4.26. The monoisotopic (exact) mass is 299 g/mol. The average molecular weight is 299 g/mol. The molecule has 5 nitrogen and oxygen atoms in total. The first kappa shape index (κ1) is 16.1. The molecule has 0 saturated carbocycles. The molecule has 1 heterocycles. The predicted molar refractivity (Wildman–Crippen MR) is 91.0 cm³/mol. The van der Waals surface area contributed by atoms with E-state index in [0.29, 0.717) is 12.5 Å². The van der Waals surface area contributed by atoms with Crippen LogP contribution in [0.3, 0.4) is 0 Å². The molecule has 0 spiro atoms. The van der Waals surface area contributed by atoms with E-state index in [0.717, 1.165) is 18.1 Å². The first-order chi connectivity index (χ1) is 10.6. The molecule has 118 valence electrons. The highest BCUT2D eigenvalue weighted by atomic mass is 15.2. The normalized spacial score (nSPS) is 13.0. The number of benzene rings is 1. The van der Waals surface area contributed by atoms with Gasteiger partial charge >= 0.3 is 0 Å². The molecule has 22 heavy (non-hydrogen) atoms. The summed E-state index contributed by atoms with van der Waals surface area (Å²) in [7, 11) is 3.70. The summed E-state index contributed by atoms with van der Waals surface area (Å²) in [5.41, 5.74) is 3.77. The third kappa shape index (κ3) is 4.62. The zero-order chi connectivity index (χ0) is 15.9. The lowest BCUT2D eigenvalue weighted by molar-refractivity contribution is 0.698. The number of aliphatic imine (C=N–C) groups is 1. The molecule has 2 rings (SSSR count). The van der Waals surface area contributed by atoms with Crippen LogP contribution in [0.2, 0.25) is 0 Å². The summed E-state index contributed by atoms with van der Waals surface area (Å²) in [6.45, 7) is 5.90. The Hall–Kier alpha value is -2.30. The van der Waals surface area contributed by atoms with Crippen molar-refractivity contribution in [1.82, 2.24) is 20.4 Å². The fourth-order valence-corrected chi connectivity index (χ4v) is 2.31. The maximum atomic E-state index is 4.26. The molecule has 1 aromatic carbocycles. The van der Waals surface area contributed by atoms with E-state index in [9.17, 15) is 0 Å². The number of guanidine groups is 1. The van der Waals surface area contributed by atoms with E-state index in [1.165, 1.54) is 11.1 Å². The molecule has 1 aromatic heterocycles. The number of aryl methyl sites for hydroxylation is 2. The molecule has 0 bridgehead atoms. The number of nitrogens with zero attached hydrogens (tertiary/aromatic N) is 3. The number of hydrogen-bond acceptors (Lipinski definition) is 2. The quantitative estimate of drug-likeness (QED) is 0.657. The fourth-order valence-electron chi connectivity index (χ4n) is 2.31. The Kier molecular flexibility index (Phi) is 5.58. The number of nitrogens with one attached hydrogen (secondary N) is 2. The molecule has 0 aliphatic heterocycles. The van der Waals surface area contributed by atoms with E-state index in [2.05, 4.69) is 58.8 Å². The van der Waals surface area contributed by atoms with E-state index in [4.69, 9.17) is 0 Å². The highest BCUT2D eigenvalue weighted by Crippen LogP contribution is 2.15. The van der Waals surface area contributed by atoms with Gasteiger partial charge in [0.1, 0.15) is 0 Å². The van der Waals surface area contributed by atoms with Gasteiger partial charge in [0.05, 0.1) is 6.20 Å². The van der Waals surface area contributed by atoms with Crippen LogP contribution in [0, 0.1) is 6.92 Å². The number of rotatable bonds is 5. The van der Waals surface area contributed by atoms with Gasteiger partial charge in [-0.2, -0.15) is 5.10 Å². The largest absolute Gasteiger partial charge is 0.356 e. The summed E-state index contributed by atoms with van der Waals surface area (Å²) in [5, 5.41) is 10.8. The van der Waals surface area contributed by atoms with Crippen molar-refractivity contribution < 1.29 is 0 Å². The van der Waals surface area contributed by atoms with Crippen LogP contribution in [0.25, 0.3) is 0 Å². The van der Waals surface area contributed by atoms with Crippen molar-refractivity contribution in [3.8, 4) is 0 Å². The van der Waals surface area contributed by atoms with Gasteiger partial charge in [0.25, 0.3) is 0 Å². The Morgan fingerprint density at radius 1 is 1.36 bits per heavy atom. The maximum Gasteiger partial charge on any atom is 0.191 e. The second-order valence-electron chi connectivity index (χ2n) is 5.64. The van der Waals surface area contributed by atoms with Crippen LogP contribution in [-0.2, 0) is 13.6 Å². The van der Waals surface area contributed by atoms with Gasteiger partial charge in [-0.3, -0.25) is 9.67 Å². The zero-order valence-electron chi connectivity index (χ0n) is 13.8. The topological polar surface area (TPSA) is 54.2 Å². The van der Waals surface area contributed by atoms with Crippen molar-refractivity contribution in [3.63, 3.8) is 0 Å². The van der Waals surface area contributed by atoms with Crippen molar-refractivity contribution in [2.75, 3.05) is 13.6 Å². The number of hydrogen-bond donors (Lipinski definition) is 2. The van der Waals surface area contributed by atoms with E-state index >= 15 is 0 Å². The molecule has 0 saturated heterocycles. The molecule has 2 N–H and O–H groups in total. The first-order valence-electron chi connectivity index (χ1n) is 7.57. The Morgan fingerprint density at radius 2 is 2.18 bits per heavy atom. The molecule has 0 aliphatic carbocycles. The van der Waals surface area contributed by atoms with Crippen LogP contribution in [0.1, 0.15) is 29.5 Å². The van der Waals surface area contributed by atoms with Crippen LogP contribution >= 0.6 is 0 Å². The van der Waals surface area contributed by atoms with E-state index in [1.807, 2.05) is 19.4 Å². The molecule has 0 aliphatic rings. The van der Waals surface area contributed by atoms with E-state index < -0.39 is 0 Å². The van der Waals surface area contributed by atoms with E-state index in [-0.39, 0.29) is 0 Å². The van der Waals surface area contributed by atoms with Crippen molar-refractivity contribution in [2.45, 2.75) is 26.3 Å². The van der Waals surface area contributed by atoms with Gasteiger partial charge in [0, 0.05) is 38.9 Å². The molecule has 1 atom stereocenters. The Bertz CT molecular complexity index is 629. The summed E-state index contributed by atoms with van der Waals surface area (Å²) in [6, 6.07) is 8.64. The summed E-state index contributed by atoms with van der Waals surface area (Å²) in [6.07, 6.45) is 3.85. The van der Waals surface area contributed by atoms with Crippen LogP contribution in [0.4, 0.5) is 0 Å². The van der Waals surface area contributed by atoms with Gasteiger partial charge in [0.2, 0.25) is 0 Å². The molecule has 5 heteroatoms. The van der Waals surface area contributed by atoms with Gasteiger partial charge in [0.15, 0.2) is 5.96 Å². The first-order valence-corrected chi connectivity index (χ1v) is 7.57. The molecule has 0 fully saturated rings. The Balaban J connectivity index is 1.83.